The lowest BCUT2D eigenvalue weighted by molar-refractivity contribution is -0.757. The van der Waals surface area contributed by atoms with Crippen molar-refractivity contribution in [2.45, 2.75) is 58.0 Å². The van der Waals surface area contributed by atoms with Gasteiger partial charge >= 0.3 is 5.97 Å². The van der Waals surface area contributed by atoms with E-state index in [1.54, 1.807) is 24.4 Å². The second-order valence-electron chi connectivity index (χ2n) is 10.2. The molecule has 1 aliphatic rings. The van der Waals surface area contributed by atoms with E-state index in [4.69, 9.17) is 26.1 Å². The highest BCUT2D eigenvalue weighted by atomic mass is 35.5. The summed E-state index contributed by atoms with van der Waals surface area (Å²) in [5, 5.41) is 15.9. The molecule has 1 amide bonds. The number of halogens is 1. The van der Waals surface area contributed by atoms with Crippen molar-refractivity contribution in [1.82, 2.24) is 15.3 Å². The average molecular weight is 659 g/mol. The first-order chi connectivity index (χ1) is 22.2. The van der Waals surface area contributed by atoms with Gasteiger partial charge in [-0.25, -0.2) is 15.0 Å². The van der Waals surface area contributed by atoms with Crippen molar-refractivity contribution in [3.8, 4) is 5.75 Å². The molecule has 1 atom stereocenters. The Morgan fingerprint density at radius 2 is 2.13 bits per heavy atom. The predicted octanol–water partition coefficient (Wildman–Crippen LogP) is 4.39. The van der Waals surface area contributed by atoms with Crippen molar-refractivity contribution in [3.05, 3.63) is 62.9 Å². The number of allylic oxidation sites excluding steroid dienone is 1. The van der Waals surface area contributed by atoms with Crippen LogP contribution in [0.2, 0.25) is 5.02 Å². The van der Waals surface area contributed by atoms with Gasteiger partial charge in [0.05, 0.1) is 31.3 Å². The summed E-state index contributed by atoms with van der Waals surface area (Å²) in [6.45, 7) is 6.48. The van der Waals surface area contributed by atoms with Crippen molar-refractivity contribution < 1.29 is 29.0 Å². The SMILES string of the molecule is C=NC(CNC(=O)c1cnc(N2CCC[C@H]2COC(=O)CCCCCO[N+](=O)[O-])nc1NCc1ccc(OC)c(Cl)c1)=N/C=C\C. The van der Waals surface area contributed by atoms with Crippen LogP contribution in [0, 0.1) is 10.1 Å². The third-order valence-electron chi connectivity index (χ3n) is 6.95. The Bertz CT molecular complexity index is 1420. The molecule has 0 radical (unpaired) electrons. The van der Waals surface area contributed by atoms with Crippen LogP contribution in [0.25, 0.3) is 0 Å². The molecule has 16 heteroatoms. The van der Waals surface area contributed by atoms with Crippen molar-refractivity contribution in [1.29, 1.82) is 0 Å². The third-order valence-corrected chi connectivity index (χ3v) is 7.25. The second kappa shape index (κ2) is 18.9. The molecule has 248 valence electrons. The Hall–Kier alpha value is -4.79. The molecule has 0 bridgehead atoms. The molecule has 1 aromatic heterocycles. The molecule has 3 rings (SSSR count). The molecule has 1 aromatic carbocycles. The van der Waals surface area contributed by atoms with Gasteiger partial charge in [0.2, 0.25) is 5.95 Å². The Kier molecular flexibility index (Phi) is 14.7. The minimum Gasteiger partial charge on any atom is -0.495 e. The summed E-state index contributed by atoms with van der Waals surface area (Å²) in [5.41, 5.74) is 1.05. The number of carbonyl (C=O) groups is 2. The molecular weight excluding hydrogens is 620 g/mol. The number of amidine groups is 1. The quantitative estimate of drug-likeness (QED) is 0.0578. The van der Waals surface area contributed by atoms with Crippen LogP contribution in [0.5, 0.6) is 5.75 Å². The first kappa shape index (κ1) is 35.7. The molecule has 0 spiro atoms. The van der Waals surface area contributed by atoms with Crippen LogP contribution < -0.4 is 20.3 Å². The lowest BCUT2D eigenvalue weighted by Gasteiger charge is -2.25. The molecule has 1 fully saturated rings. The number of carbonyl (C=O) groups excluding carboxylic acids is 2. The fourth-order valence-corrected chi connectivity index (χ4v) is 4.88. The van der Waals surface area contributed by atoms with Gasteiger partial charge < -0.3 is 29.8 Å². The van der Waals surface area contributed by atoms with E-state index in [1.165, 1.54) is 13.3 Å². The average Bonchev–Trinajstić information content (AvgIpc) is 3.53. The van der Waals surface area contributed by atoms with Crippen LogP contribution in [0.4, 0.5) is 11.8 Å². The van der Waals surface area contributed by atoms with E-state index < -0.39 is 11.0 Å². The molecule has 2 heterocycles. The van der Waals surface area contributed by atoms with E-state index in [1.807, 2.05) is 17.9 Å². The fraction of sp³-hybridized carbons (Fsp3) is 0.467. The van der Waals surface area contributed by atoms with E-state index in [0.29, 0.717) is 60.7 Å². The van der Waals surface area contributed by atoms with Gasteiger partial charge in [0.25, 0.3) is 11.0 Å². The van der Waals surface area contributed by atoms with Gasteiger partial charge in [0.15, 0.2) is 0 Å². The highest BCUT2D eigenvalue weighted by Gasteiger charge is 2.29. The summed E-state index contributed by atoms with van der Waals surface area (Å²) in [7, 11) is 1.54. The number of rotatable bonds is 18. The number of nitrogens with one attached hydrogen (secondary N) is 2. The fourth-order valence-electron chi connectivity index (χ4n) is 4.60. The first-order valence-corrected chi connectivity index (χ1v) is 15.2. The number of hydrogen-bond acceptors (Lipinski definition) is 12. The molecule has 1 aliphatic heterocycles. The van der Waals surface area contributed by atoms with E-state index in [0.717, 1.165) is 18.4 Å². The number of aliphatic imine (C=N–C) groups is 2. The normalized spacial score (nSPS) is 14.6. The molecule has 2 N–H and O–H groups in total. The Balaban J connectivity index is 1.70. The number of nitrogens with zero attached hydrogens (tertiary/aromatic N) is 6. The second-order valence-corrected chi connectivity index (χ2v) is 10.6. The smallest absolute Gasteiger partial charge is 0.305 e. The Morgan fingerprint density at radius 1 is 1.30 bits per heavy atom. The Morgan fingerprint density at radius 3 is 2.85 bits per heavy atom. The van der Waals surface area contributed by atoms with Crippen molar-refractivity contribution in [2.75, 3.05) is 43.6 Å². The molecule has 0 aliphatic carbocycles. The van der Waals surface area contributed by atoms with Crippen LogP contribution in [0.3, 0.4) is 0 Å². The number of hydrogen-bond donors (Lipinski definition) is 2. The topological polar surface area (TPSA) is 183 Å². The van der Waals surface area contributed by atoms with Gasteiger partial charge in [-0.2, -0.15) is 4.98 Å². The van der Waals surface area contributed by atoms with Crippen molar-refractivity contribution in [3.63, 3.8) is 0 Å². The molecule has 1 saturated heterocycles. The lowest BCUT2D eigenvalue weighted by atomic mass is 10.2. The van der Waals surface area contributed by atoms with Crippen LogP contribution in [-0.2, 0) is 20.9 Å². The van der Waals surface area contributed by atoms with E-state index in [-0.39, 0.29) is 43.8 Å². The zero-order valence-corrected chi connectivity index (χ0v) is 26.7. The minimum absolute atomic E-state index is 0.00208. The number of methoxy groups -OCH3 is 1. The summed E-state index contributed by atoms with van der Waals surface area (Å²) in [6, 6.07) is 5.23. The lowest BCUT2D eigenvalue weighted by Crippen LogP contribution is -2.36. The van der Waals surface area contributed by atoms with Gasteiger partial charge in [0, 0.05) is 31.9 Å². The number of aromatic nitrogens is 2. The van der Waals surface area contributed by atoms with Gasteiger partial charge in [-0.05, 0) is 57.0 Å². The summed E-state index contributed by atoms with van der Waals surface area (Å²) in [5.74, 6) is 0.794. The monoisotopic (exact) mass is 658 g/mol. The van der Waals surface area contributed by atoms with Gasteiger partial charge in [-0.1, -0.05) is 30.2 Å². The number of anilines is 2. The van der Waals surface area contributed by atoms with Gasteiger partial charge in [-0.3, -0.25) is 9.59 Å². The molecular formula is C30H39ClN8O7. The number of amides is 1. The van der Waals surface area contributed by atoms with Crippen molar-refractivity contribution >= 4 is 47.8 Å². The zero-order chi connectivity index (χ0) is 33.3. The highest BCUT2D eigenvalue weighted by molar-refractivity contribution is 6.32. The molecule has 46 heavy (non-hydrogen) atoms. The van der Waals surface area contributed by atoms with E-state index in [2.05, 4.69) is 37.2 Å². The highest BCUT2D eigenvalue weighted by Crippen LogP contribution is 2.27. The molecule has 0 unspecified atom stereocenters. The molecule has 15 nitrogen and oxygen atoms in total. The van der Waals surface area contributed by atoms with Crippen molar-refractivity contribution in [2.24, 2.45) is 9.98 Å². The number of ether oxygens (including phenoxy) is 2. The largest absolute Gasteiger partial charge is 0.495 e. The van der Waals surface area contributed by atoms with Crippen LogP contribution in [-0.4, -0.2) is 78.9 Å². The maximum absolute atomic E-state index is 13.2. The Labute approximate surface area is 272 Å². The van der Waals surface area contributed by atoms with Gasteiger partial charge in [-0.15, -0.1) is 10.1 Å². The van der Waals surface area contributed by atoms with Crippen LogP contribution in [0.15, 0.2) is 46.7 Å². The first-order valence-electron chi connectivity index (χ1n) is 14.8. The predicted molar refractivity (Wildman–Crippen MR) is 174 cm³/mol. The molecule has 0 saturated carbocycles. The maximum Gasteiger partial charge on any atom is 0.305 e. The van der Waals surface area contributed by atoms with E-state index in [9.17, 15) is 19.7 Å². The summed E-state index contributed by atoms with van der Waals surface area (Å²) < 4.78 is 10.8. The van der Waals surface area contributed by atoms with Crippen LogP contribution >= 0.6 is 11.6 Å². The van der Waals surface area contributed by atoms with Crippen LogP contribution in [0.1, 0.15) is 61.4 Å². The summed E-state index contributed by atoms with van der Waals surface area (Å²) >= 11 is 6.31. The maximum atomic E-state index is 13.2. The standard InChI is InChI=1S/C30H39ClN8O7/c1-4-13-33-26(32-2)19-35-29(41)23-18-36-30(37-28(23)34-17-21-11-12-25(44-3)24(31)16-21)38-14-8-9-22(38)20-45-27(40)10-6-5-7-15-46-39(42)43/h4,11-13,16,18,22H,2,5-10,14-15,17,19-20H2,1,3H3,(H,35,41)(H,34,36,37)/b13-4-,33-26?/t22-/m0/s1. The van der Waals surface area contributed by atoms with E-state index >= 15 is 0 Å². The summed E-state index contributed by atoms with van der Waals surface area (Å²) in [6.07, 6.45) is 8.21. The number of benzene rings is 1. The minimum atomic E-state index is -0.830. The van der Waals surface area contributed by atoms with Gasteiger partial charge in [0.1, 0.15) is 29.6 Å². The number of unbranched alkanes of at least 4 members (excludes halogenated alkanes) is 2. The summed E-state index contributed by atoms with van der Waals surface area (Å²) in [4.78, 5) is 59.2. The molecule has 2 aromatic rings. The number of esters is 1. The third kappa shape index (κ3) is 11.3. The zero-order valence-electron chi connectivity index (χ0n) is 25.9.